The van der Waals surface area contributed by atoms with Crippen molar-refractivity contribution in [1.82, 2.24) is 51.0 Å². The van der Waals surface area contributed by atoms with Crippen molar-refractivity contribution in [3.05, 3.63) is 93.5 Å². The fourth-order valence-electron chi connectivity index (χ4n) is 8.54. The molecule has 4 aromatic heterocycles. The first-order valence-corrected chi connectivity index (χ1v) is 21.2. The first kappa shape index (κ1) is 41.2. The molecule has 18 heteroatoms. The van der Waals surface area contributed by atoms with E-state index < -0.39 is 12.2 Å². The van der Waals surface area contributed by atoms with Gasteiger partial charge in [-0.25, -0.2) is 9.97 Å². The molecule has 8 heterocycles. The summed E-state index contributed by atoms with van der Waals surface area (Å²) in [6, 6.07) is 14.6. The van der Waals surface area contributed by atoms with Crippen molar-refractivity contribution in [3.8, 4) is 33.8 Å². The number of hydrogen-bond donors (Lipinski definition) is 6. The molecule has 10 rings (SSSR count). The molecule has 0 bridgehead atoms. The van der Waals surface area contributed by atoms with E-state index in [1.807, 2.05) is 46.2 Å². The van der Waals surface area contributed by atoms with Gasteiger partial charge in [0.2, 0.25) is 0 Å². The first-order chi connectivity index (χ1) is 30.1. The normalized spacial score (nSPS) is 18.0. The van der Waals surface area contributed by atoms with Gasteiger partial charge < -0.3 is 50.5 Å². The van der Waals surface area contributed by atoms with Crippen LogP contribution in [0.2, 0.25) is 10.0 Å². The lowest BCUT2D eigenvalue weighted by Gasteiger charge is -2.29. The van der Waals surface area contributed by atoms with Gasteiger partial charge in [0.1, 0.15) is 34.2 Å². The highest BCUT2D eigenvalue weighted by Crippen LogP contribution is 2.45. The molecule has 16 nitrogen and oxygen atoms in total. The van der Waals surface area contributed by atoms with Crippen LogP contribution in [0.25, 0.3) is 44.3 Å². The molecule has 0 spiro atoms. The van der Waals surface area contributed by atoms with E-state index in [-0.39, 0.29) is 23.6 Å². The topological polar surface area (TPSA) is 199 Å². The summed E-state index contributed by atoms with van der Waals surface area (Å²) in [7, 11) is 3.16. The third kappa shape index (κ3) is 7.90. The van der Waals surface area contributed by atoms with Crippen molar-refractivity contribution >= 4 is 68.9 Å². The van der Waals surface area contributed by atoms with E-state index in [1.165, 1.54) is 0 Å². The number of benzene rings is 2. The number of nitrogens with one attached hydrogen (secondary N) is 6. The molecule has 2 fully saturated rings. The molecule has 4 aliphatic rings. The van der Waals surface area contributed by atoms with Crippen molar-refractivity contribution in [1.29, 1.82) is 0 Å². The lowest BCUT2D eigenvalue weighted by Crippen LogP contribution is -2.50. The average molecular weight is 880 g/mol. The van der Waals surface area contributed by atoms with E-state index in [0.717, 1.165) is 70.3 Å². The molecule has 4 aliphatic heterocycles. The third-order valence-electron chi connectivity index (χ3n) is 11.6. The van der Waals surface area contributed by atoms with Crippen LogP contribution < -0.4 is 30.7 Å². The Labute approximate surface area is 366 Å². The number of aromatic nitrogens is 4. The maximum absolute atomic E-state index is 13.0. The van der Waals surface area contributed by atoms with Crippen molar-refractivity contribution in [2.45, 2.75) is 25.0 Å². The highest BCUT2D eigenvalue weighted by atomic mass is 35.5. The zero-order valence-corrected chi connectivity index (χ0v) is 35.5. The second-order valence-electron chi connectivity index (χ2n) is 15.4. The van der Waals surface area contributed by atoms with Gasteiger partial charge in [-0.1, -0.05) is 23.2 Å². The SMILES string of the molecule is CNC(=O)c1cc2c(-c3cc(Cl)cc4c3O[C@@H](C(=O)N3CCNCC3)C4)ccnc2[nH]1.CNC(=O)c1cc2c(-c3cc(Cl)cc4c3O[C@H](C(=O)N3CCNCC3)C4)ccnc2[nH]1. The number of aromatic amines is 2. The van der Waals surface area contributed by atoms with Crippen LogP contribution >= 0.6 is 23.2 Å². The Kier molecular flexibility index (Phi) is 11.5. The monoisotopic (exact) mass is 878 g/mol. The maximum atomic E-state index is 13.0. The summed E-state index contributed by atoms with van der Waals surface area (Å²) in [6.07, 6.45) is 3.19. The summed E-state index contributed by atoms with van der Waals surface area (Å²) in [5.74, 6) is 0.879. The molecule has 2 atom stereocenters. The Bertz CT molecular complexity index is 2560. The zero-order chi connectivity index (χ0) is 43.1. The molecule has 0 saturated carbocycles. The van der Waals surface area contributed by atoms with Crippen LogP contribution in [0.15, 0.2) is 60.9 Å². The van der Waals surface area contributed by atoms with Crippen molar-refractivity contribution in [2.24, 2.45) is 0 Å². The summed E-state index contributed by atoms with van der Waals surface area (Å²) in [4.78, 5) is 68.7. The second-order valence-corrected chi connectivity index (χ2v) is 16.3. The van der Waals surface area contributed by atoms with Crippen LogP contribution in [-0.2, 0) is 22.4 Å². The average Bonchev–Trinajstić information content (AvgIpc) is 4.13. The lowest BCUT2D eigenvalue weighted by molar-refractivity contribution is -0.139. The minimum absolute atomic E-state index is 0.00296. The van der Waals surface area contributed by atoms with Crippen molar-refractivity contribution < 1.29 is 28.7 Å². The van der Waals surface area contributed by atoms with Crippen LogP contribution in [0.3, 0.4) is 0 Å². The van der Waals surface area contributed by atoms with Crippen molar-refractivity contribution in [3.63, 3.8) is 0 Å². The largest absolute Gasteiger partial charge is 0.479 e. The van der Waals surface area contributed by atoms with Gasteiger partial charge in [-0.05, 0) is 59.7 Å². The molecule has 0 aliphatic carbocycles. The van der Waals surface area contributed by atoms with Gasteiger partial charge in [0.25, 0.3) is 23.6 Å². The fourth-order valence-corrected chi connectivity index (χ4v) is 9.02. The minimum atomic E-state index is -0.560. The van der Waals surface area contributed by atoms with Gasteiger partial charge in [0.05, 0.1) is 0 Å². The van der Waals surface area contributed by atoms with Crippen LogP contribution in [0.5, 0.6) is 11.5 Å². The zero-order valence-electron chi connectivity index (χ0n) is 34.0. The van der Waals surface area contributed by atoms with E-state index in [9.17, 15) is 19.2 Å². The molecule has 62 heavy (non-hydrogen) atoms. The van der Waals surface area contributed by atoms with Gasteiger partial charge >= 0.3 is 0 Å². The molecular weight excluding hydrogens is 835 g/mol. The molecule has 6 N–H and O–H groups in total. The number of amides is 4. The number of hydrogen-bond acceptors (Lipinski definition) is 10. The quantitative estimate of drug-likeness (QED) is 0.143. The summed E-state index contributed by atoms with van der Waals surface area (Å²) >= 11 is 12.9. The van der Waals surface area contributed by atoms with Crippen LogP contribution in [0.1, 0.15) is 32.1 Å². The summed E-state index contributed by atoms with van der Waals surface area (Å²) in [6.45, 7) is 5.88. The smallest absolute Gasteiger partial charge is 0.267 e. The molecule has 2 saturated heterocycles. The molecule has 6 aromatic rings. The first-order valence-electron chi connectivity index (χ1n) is 20.5. The number of fused-ring (bicyclic) bond motifs is 4. The molecule has 2 aromatic carbocycles. The number of piperazine rings is 2. The Morgan fingerprint density at radius 1 is 0.613 bits per heavy atom. The maximum Gasteiger partial charge on any atom is 0.267 e. The van der Waals surface area contributed by atoms with E-state index in [1.54, 1.807) is 38.6 Å². The summed E-state index contributed by atoms with van der Waals surface area (Å²) < 4.78 is 12.4. The number of carbonyl (C=O) groups is 4. The number of halogens is 2. The number of ether oxygens (including phenoxy) is 2. The number of H-pyrrole nitrogens is 2. The van der Waals surface area contributed by atoms with E-state index in [4.69, 9.17) is 32.7 Å². The Hall–Kier alpha value is -6.20. The number of pyridine rings is 2. The molecule has 4 amide bonds. The standard InChI is InChI=1S/2C22H22ClN5O3/c2*1-24-21(29)17-11-16-14(2-3-26-20(16)27-17)15-10-13(23)8-12-9-18(31-19(12)15)22(30)28-6-4-25-5-7-28/h2*2-3,8,10-11,18,25H,4-7,9H2,1H3,(H,24,29)(H,26,27)/t2*18-/m10/s1. The highest BCUT2D eigenvalue weighted by Gasteiger charge is 2.37. The summed E-state index contributed by atoms with van der Waals surface area (Å²) in [5.41, 5.74) is 7.09. The highest BCUT2D eigenvalue weighted by molar-refractivity contribution is 6.31. The minimum Gasteiger partial charge on any atom is -0.479 e. The number of rotatable bonds is 6. The Morgan fingerprint density at radius 2 is 1.02 bits per heavy atom. The number of nitrogens with zero attached hydrogens (tertiary/aromatic N) is 4. The van der Waals surface area contributed by atoms with Gasteiger partial charge in [-0.2, -0.15) is 0 Å². The Morgan fingerprint density at radius 3 is 1.40 bits per heavy atom. The van der Waals surface area contributed by atoms with Gasteiger partial charge in [-0.15, -0.1) is 0 Å². The van der Waals surface area contributed by atoms with E-state index in [0.29, 0.717) is 83.2 Å². The summed E-state index contributed by atoms with van der Waals surface area (Å²) in [5, 5.41) is 14.4. The second kappa shape index (κ2) is 17.3. The molecule has 320 valence electrons. The van der Waals surface area contributed by atoms with Crippen LogP contribution in [0.4, 0.5) is 0 Å². The van der Waals surface area contributed by atoms with Gasteiger partial charge in [0, 0.05) is 135 Å². The fraction of sp³-hybridized carbons (Fsp3) is 0.318. The lowest BCUT2D eigenvalue weighted by atomic mass is 9.99. The Balaban J connectivity index is 0.000000158. The predicted octanol–water partition coefficient (Wildman–Crippen LogP) is 3.96. The number of carbonyl (C=O) groups excluding carboxylic acids is 4. The molecule has 0 radical (unpaired) electrons. The molecular formula is C44H44Cl2N10O6. The third-order valence-corrected chi connectivity index (χ3v) is 12.0. The van der Waals surface area contributed by atoms with Gasteiger partial charge in [0.15, 0.2) is 12.2 Å². The van der Waals surface area contributed by atoms with E-state index >= 15 is 0 Å². The van der Waals surface area contributed by atoms with E-state index in [2.05, 4.69) is 41.2 Å². The van der Waals surface area contributed by atoms with Crippen LogP contribution in [0, 0.1) is 0 Å². The van der Waals surface area contributed by atoms with Crippen molar-refractivity contribution in [2.75, 3.05) is 66.5 Å². The molecule has 0 unspecified atom stereocenters. The predicted molar refractivity (Wildman–Crippen MR) is 235 cm³/mol. The van der Waals surface area contributed by atoms with Crippen LogP contribution in [-0.4, -0.2) is 132 Å². The van der Waals surface area contributed by atoms with Gasteiger partial charge in [-0.3, -0.25) is 19.2 Å².